The zero-order valence-corrected chi connectivity index (χ0v) is 35.3. The van der Waals surface area contributed by atoms with Crippen LogP contribution in [0.3, 0.4) is 0 Å². The highest BCUT2D eigenvalue weighted by Gasteiger charge is 2.31. The first-order valence-corrected chi connectivity index (χ1v) is 21.4. The van der Waals surface area contributed by atoms with Crippen LogP contribution in [0.15, 0.2) is 182 Å². The van der Waals surface area contributed by atoms with Gasteiger partial charge in [0.2, 0.25) is 0 Å². The maximum Gasteiger partial charge on any atom is -0.000741 e. The Morgan fingerprint density at radius 2 is 0.667 bits per heavy atom. The van der Waals surface area contributed by atoms with Crippen LogP contribution in [0.2, 0.25) is 0 Å². The third kappa shape index (κ3) is 5.81. The fourth-order valence-corrected chi connectivity index (χ4v) is 9.89. The van der Waals surface area contributed by atoms with Gasteiger partial charge in [0.15, 0.2) is 0 Å². The monoisotopic (exact) mass is 768 g/mol. The molecule has 0 nitrogen and oxygen atoms in total. The number of hydrogen-bond donors (Lipinski definition) is 0. The van der Waals surface area contributed by atoms with Crippen LogP contribution in [-0.4, -0.2) is 0 Å². The summed E-state index contributed by atoms with van der Waals surface area (Å²) in [4.78, 5) is 0. The van der Waals surface area contributed by atoms with Crippen molar-refractivity contribution >= 4 is 43.1 Å². The molecular formula is C60H48. The number of rotatable bonds is 4. The molecule has 0 atom stereocenters. The molecule has 0 heteroatoms. The summed E-state index contributed by atoms with van der Waals surface area (Å²) in [5.41, 5.74) is 18.3. The Balaban J connectivity index is 1.12. The van der Waals surface area contributed by atoms with Gasteiger partial charge in [0.25, 0.3) is 0 Å². The maximum atomic E-state index is 2.41. The van der Waals surface area contributed by atoms with Crippen molar-refractivity contribution in [2.75, 3.05) is 0 Å². The molecule has 0 saturated carbocycles. The van der Waals surface area contributed by atoms with Crippen molar-refractivity contribution in [1.82, 2.24) is 0 Å². The standard InChI is InChI=1S/C60H48/c1-59(2,3)46-28-24-38(25-29-46)54-50-14-9-10-15-51(50)55(39-26-30-47(31-27-39)60(4,5)6)58-53-33-32-48(49-16-11-17-52(56(49)53)57(54)58)45-23-22-43-35-42(20-21-44(43)36-45)41-19-18-37-12-7-8-13-40(37)34-41/h7-36H,1-6H3. The molecule has 10 aromatic rings. The van der Waals surface area contributed by atoms with Gasteiger partial charge in [0, 0.05) is 0 Å². The van der Waals surface area contributed by atoms with Gasteiger partial charge in [0.1, 0.15) is 0 Å². The second kappa shape index (κ2) is 13.4. The van der Waals surface area contributed by atoms with Crippen molar-refractivity contribution in [1.29, 1.82) is 0 Å². The van der Waals surface area contributed by atoms with E-state index in [0.717, 1.165) is 0 Å². The molecule has 288 valence electrons. The minimum atomic E-state index is 0.0755. The van der Waals surface area contributed by atoms with Gasteiger partial charge >= 0.3 is 0 Å². The first-order valence-electron chi connectivity index (χ1n) is 21.4. The molecule has 10 aromatic carbocycles. The normalized spacial score (nSPS) is 12.5. The van der Waals surface area contributed by atoms with E-state index in [4.69, 9.17) is 0 Å². The Labute approximate surface area is 353 Å². The van der Waals surface area contributed by atoms with Crippen LogP contribution in [-0.2, 0) is 10.8 Å². The van der Waals surface area contributed by atoms with Crippen molar-refractivity contribution < 1.29 is 0 Å². The fraction of sp³-hybridized carbons (Fsp3) is 0.133. The van der Waals surface area contributed by atoms with E-state index in [1.165, 1.54) is 121 Å². The van der Waals surface area contributed by atoms with Crippen molar-refractivity contribution in [2.24, 2.45) is 0 Å². The minimum absolute atomic E-state index is 0.0755. The van der Waals surface area contributed by atoms with Gasteiger partial charge in [-0.2, -0.15) is 0 Å². The van der Waals surface area contributed by atoms with E-state index < -0.39 is 0 Å². The van der Waals surface area contributed by atoms with Crippen molar-refractivity contribution in [3.05, 3.63) is 193 Å². The van der Waals surface area contributed by atoms with Crippen LogP contribution in [0.1, 0.15) is 52.7 Å². The molecule has 0 aliphatic heterocycles. The molecule has 0 spiro atoms. The van der Waals surface area contributed by atoms with Gasteiger partial charge in [-0.1, -0.05) is 205 Å². The molecule has 0 bridgehead atoms. The summed E-state index contributed by atoms with van der Waals surface area (Å²) in [6, 6.07) is 68.9. The van der Waals surface area contributed by atoms with Crippen LogP contribution in [0, 0.1) is 0 Å². The van der Waals surface area contributed by atoms with Crippen LogP contribution in [0.25, 0.3) is 110 Å². The van der Waals surface area contributed by atoms with Crippen molar-refractivity contribution in [3.8, 4) is 66.8 Å². The van der Waals surface area contributed by atoms with Crippen molar-refractivity contribution in [3.63, 3.8) is 0 Å². The first kappa shape index (κ1) is 36.3. The predicted molar refractivity (Wildman–Crippen MR) is 260 cm³/mol. The first-order chi connectivity index (χ1) is 29.0. The molecule has 0 saturated heterocycles. The third-order valence-electron chi connectivity index (χ3n) is 13.1. The largest absolute Gasteiger partial charge is 0.0616 e. The molecule has 11 rings (SSSR count). The Hall–Kier alpha value is -6.76. The van der Waals surface area contributed by atoms with Gasteiger partial charge in [-0.3, -0.25) is 0 Å². The second-order valence-corrected chi connectivity index (χ2v) is 18.9. The SMILES string of the molecule is CC(C)(C)c1ccc(-c2c3c(c(-c4ccc(C(C)(C)C)cc4)c4ccccc24)-c2ccc(-c4ccc5cc(-c6ccc7ccccc7c6)ccc5c4)c4cccc-3c24)cc1. The smallest absolute Gasteiger partial charge is 0.000741 e. The molecule has 0 aromatic heterocycles. The highest BCUT2D eigenvalue weighted by atomic mass is 14.3. The van der Waals surface area contributed by atoms with E-state index in [1.54, 1.807) is 0 Å². The lowest BCUT2D eigenvalue weighted by molar-refractivity contribution is 0.590. The summed E-state index contributed by atoms with van der Waals surface area (Å²) < 4.78 is 0. The van der Waals surface area contributed by atoms with Gasteiger partial charge in [-0.25, -0.2) is 0 Å². The molecule has 1 aliphatic carbocycles. The molecule has 0 unspecified atom stereocenters. The molecule has 0 amide bonds. The lowest BCUT2D eigenvalue weighted by atomic mass is 9.80. The zero-order valence-electron chi connectivity index (χ0n) is 35.3. The van der Waals surface area contributed by atoms with Gasteiger partial charge < -0.3 is 0 Å². The lowest BCUT2D eigenvalue weighted by Gasteiger charge is -2.23. The summed E-state index contributed by atoms with van der Waals surface area (Å²) in [6.07, 6.45) is 0. The Morgan fingerprint density at radius 1 is 0.267 bits per heavy atom. The Morgan fingerprint density at radius 3 is 1.22 bits per heavy atom. The molecule has 1 aliphatic rings. The summed E-state index contributed by atoms with van der Waals surface area (Å²) in [7, 11) is 0. The summed E-state index contributed by atoms with van der Waals surface area (Å²) in [5, 5.41) is 10.2. The predicted octanol–water partition coefficient (Wildman–Crippen LogP) is 17.2. The topological polar surface area (TPSA) is 0 Å². The van der Waals surface area contributed by atoms with E-state index in [9.17, 15) is 0 Å². The minimum Gasteiger partial charge on any atom is -0.0616 e. The quantitative estimate of drug-likeness (QED) is 0.167. The van der Waals surface area contributed by atoms with Crippen LogP contribution in [0.5, 0.6) is 0 Å². The Kier molecular flexibility index (Phi) is 8.10. The van der Waals surface area contributed by atoms with Crippen LogP contribution >= 0.6 is 0 Å². The van der Waals surface area contributed by atoms with E-state index >= 15 is 0 Å². The number of benzene rings is 10. The lowest BCUT2D eigenvalue weighted by Crippen LogP contribution is -2.10. The Bertz CT molecular complexity index is 3230. The fourth-order valence-electron chi connectivity index (χ4n) is 9.89. The second-order valence-electron chi connectivity index (χ2n) is 18.9. The zero-order chi connectivity index (χ0) is 40.9. The summed E-state index contributed by atoms with van der Waals surface area (Å²) in [6.45, 7) is 13.8. The van der Waals surface area contributed by atoms with Gasteiger partial charge in [0.05, 0.1) is 0 Å². The maximum absolute atomic E-state index is 2.41. The van der Waals surface area contributed by atoms with Crippen LogP contribution < -0.4 is 0 Å². The molecular weight excluding hydrogens is 721 g/mol. The average Bonchev–Trinajstić information content (AvgIpc) is 3.59. The van der Waals surface area contributed by atoms with Gasteiger partial charge in [-0.05, 0) is 150 Å². The molecule has 0 heterocycles. The highest BCUT2D eigenvalue weighted by molar-refractivity contribution is 6.28. The van der Waals surface area contributed by atoms with Crippen LogP contribution in [0.4, 0.5) is 0 Å². The summed E-state index contributed by atoms with van der Waals surface area (Å²) >= 11 is 0. The average molecular weight is 769 g/mol. The third-order valence-corrected chi connectivity index (χ3v) is 13.1. The van der Waals surface area contributed by atoms with Crippen molar-refractivity contribution in [2.45, 2.75) is 52.4 Å². The number of fused-ring (bicyclic) bond motifs is 6. The molecule has 0 radical (unpaired) electrons. The van der Waals surface area contributed by atoms with E-state index in [-0.39, 0.29) is 10.8 Å². The van der Waals surface area contributed by atoms with E-state index in [0.29, 0.717) is 0 Å². The van der Waals surface area contributed by atoms with E-state index in [1.807, 2.05) is 0 Å². The van der Waals surface area contributed by atoms with Gasteiger partial charge in [-0.15, -0.1) is 0 Å². The molecule has 0 N–H and O–H groups in total. The number of hydrogen-bond acceptors (Lipinski definition) is 0. The van der Waals surface area contributed by atoms with E-state index in [2.05, 4.69) is 224 Å². The highest BCUT2D eigenvalue weighted by Crippen LogP contribution is 2.58. The molecule has 0 fully saturated rings. The molecule has 60 heavy (non-hydrogen) atoms. The summed E-state index contributed by atoms with van der Waals surface area (Å²) in [5.74, 6) is 0.